The highest BCUT2D eigenvalue weighted by molar-refractivity contribution is 7.85. The molecule has 0 heterocycles. The molecule has 0 aromatic rings. The van der Waals surface area contributed by atoms with Crippen LogP contribution in [0, 0.1) is 0 Å². The van der Waals surface area contributed by atoms with E-state index in [1.807, 2.05) is 0 Å². The number of hydrogen-bond donors (Lipinski definition) is 0. The monoisotopic (exact) mass is 368 g/mol. The van der Waals surface area contributed by atoms with Crippen LogP contribution in [0.25, 0.3) is 0 Å². The van der Waals surface area contributed by atoms with Gasteiger partial charge in [-0.25, -0.2) is 0 Å². The summed E-state index contributed by atoms with van der Waals surface area (Å²) in [6, 6.07) is 0. The van der Waals surface area contributed by atoms with E-state index in [2.05, 4.69) is 4.18 Å². The second kappa shape index (κ2) is 10.4. The molecule has 9 heteroatoms. The van der Waals surface area contributed by atoms with E-state index in [1.54, 1.807) is 0 Å². The predicted molar refractivity (Wildman–Crippen MR) is 78.0 cm³/mol. The fourth-order valence-electron chi connectivity index (χ4n) is 2.04. The molecule has 0 radical (unpaired) electrons. The second-order valence-corrected chi connectivity index (χ2v) is 7.30. The van der Waals surface area contributed by atoms with Gasteiger partial charge in [0, 0.05) is 6.42 Å². The fraction of sp³-hybridized carbons (Fsp3) is 1.00. The first-order valence-electron chi connectivity index (χ1n) is 7.75. The van der Waals surface area contributed by atoms with Crippen molar-refractivity contribution < 1.29 is 34.6 Å². The van der Waals surface area contributed by atoms with Crippen molar-refractivity contribution >= 4 is 10.1 Å². The first kappa shape index (κ1) is 22.6. The predicted octanol–water partition coefficient (Wildman–Crippen LogP) is 5.06. The molecule has 3 nitrogen and oxygen atoms in total. The molecular formula is C14H25F5O3S. The lowest BCUT2D eigenvalue weighted by Gasteiger charge is -2.19. The zero-order chi connectivity index (χ0) is 18.0. The Morgan fingerprint density at radius 1 is 0.739 bits per heavy atom. The van der Waals surface area contributed by atoms with Gasteiger partial charge in [-0.2, -0.15) is 30.4 Å². The van der Waals surface area contributed by atoms with Crippen LogP contribution in [0.3, 0.4) is 0 Å². The van der Waals surface area contributed by atoms with Crippen molar-refractivity contribution in [2.45, 2.75) is 76.3 Å². The molecule has 140 valence electrons. The molecule has 0 unspecified atom stereocenters. The minimum atomic E-state index is -5.45. The smallest absolute Gasteiger partial charge is 0.270 e. The number of halogens is 5. The Bertz CT molecular complexity index is 407. The highest BCUT2D eigenvalue weighted by Gasteiger charge is 2.56. The Kier molecular flexibility index (Phi) is 10.2. The third-order valence-corrected chi connectivity index (χ3v) is 3.94. The van der Waals surface area contributed by atoms with E-state index < -0.39 is 28.6 Å². The van der Waals surface area contributed by atoms with Gasteiger partial charge < -0.3 is 0 Å². The molecule has 0 saturated carbocycles. The Morgan fingerprint density at radius 3 is 1.52 bits per heavy atom. The summed E-state index contributed by atoms with van der Waals surface area (Å²) in [4.78, 5) is 0. The summed E-state index contributed by atoms with van der Waals surface area (Å²) in [6.07, 6.45) is 0.320. The van der Waals surface area contributed by atoms with Gasteiger partial charge in [-0.1, -0.05) is 44.9 Å². The van der Waals surface area contributed by atoms with Crippen LogP contribution in [-0.2, 0) is 14.3 Å². The van der Waals surface area contributed by atoms with Crippen LogP contribution in [0.5, 0.6) is 0 Å². The molecule has 0 amide bonds. The number of hydrogen-bond acceptors (Lipinski definition) is 3. The summed E-state index contributed by atoms with van der Waals surface area (Å²) in [5, 5.41) is 0. The van der Waals surface area contributed by atoms with E-state index in [0.29, 0.717) is 19.3 Å². The molecule has 0 N–H and O–H groups in total. The minimum Gasteiger partial charge on any atom is -0.270 e. The topological polar surface area (TPSA) is 43.4 Å². The van der Waals surface area contributed by atoms with Crippen LogP contribution in [0.2, 0.25) is 0 Å². The van der Waals surface area contributed by atoms with Gasteiger partial charge in [0.2, 0.25) is 0 Å². The second-order valence-electron chi connectivity index (χ2n) is 5.66. The van der Waals surface area contributed by atoms with Gasteiger partial charge in [-0.15, -0.1) is 0 Å². The lowest BCUT2D eigenvalue weighted by Crippen LogP contribution is -2.36. The summed E-state index contributed by atoms with van der Waals surface area (Å²) >= 11 is 0. The standard InChI is InChI=1S/C14H25F5O3S/c1-23(20,21)22-12-10-8-6-4-2-3-5-7-9-11-13(15,16)14(17,18)19/h2-12H2,1H3. The quantitative estimate of drug-likeness (QED) is 0.259. The van der Waals surface area contributed by atoms with Crippen molar-refractivity contribution in [3.63, 3.8) is 0 Å². The molecule has 0 aromatic heterocycles. The van der Waals surface area contributed by atoms with Gasteiger partial charge >= 0.3 is 12.1 Å². The highest BCUT2D eigenvalue weighted by Crippen LogP contribution is 2.39. The van der Waals surface area contributed by atoms with Crippen LogP contribution < -0.4 is 0 Å². The molecule has 0 fully saturated rings. The van der Waals surface area contributed by atoms with Gasteiger partial charge in [0.25, 0.3) is 10.1 Å². The Morgan fingerprint density at radius 2 is 1.13 bits per heavy atom. The average molecular weight is 368 g/mol. The number of rotatable bonds is 13. The zero-order valence-electron chi connectivity index (χ0n) is 13.3. The molecule has 0 atom stereocenters. The van der Waals surface area contributed by atoms with E-state index in [1.165, 1.54) is 0 Å². The van der Waals surface area contributed by atoms with Crippen LogP contribution in [0.4, 0.5) is 22.0 Å². The molecule has 0 aliphatic heterocycles. The first-order chi connectivity index (χ1) is 10.5. The van der Waals surface area contributed by atoms with E-state index in [0.717, 1.165) is 38.4 Å². The molecule has 0 spiro atoms. The molecule has 0 aromatic carbocycles. The number of unbranched alkanes of at least 4 members (excludes halogenated alkanes) is 8. The SMILES string of the molecule is CS(=O)(=O)OCCCCCCCCCCCC(F)(F)C(F)(F)F. The lowest BCUT2D eigenvalue weighted by molar-refractivity contribution is -0.284. The van der Waals surface area contributed by atoms with Crippen LogP contribution in [0.1, 0.15) is 64.2 Å². The summed E-state index contributed by atoms with van der Waals surface area (Å²) in [5.74, 6) is -4.58. The molecule has 0 aliphatic rings. The van der Waals surface area contributed by atoms with Gasteiger partial charge in [-0.3, -0.25) is 4.18 Å². The number of alkyl halides is 5. The highest BCUT2D eigenvalue weighted by atomic mass is 32.2. The molecule has 0 aliphatic carbocycles. The van der Waals surface area contributed by atoms with Crippen molar-refractivity contribution in [3.05, 3.63) is 0 Å². The summed E-state index contributed by atoms with van der Waals surface area (Å²) in [5.41, 5.74) is 0. The molecule has 23 heavy (non-hydrogen) atoms. The van der Waals surface area contributed by atoms with Gasteiger partial charge in [0.1, 0.15) is 0 Å². The van der Waals surface area contributed by atoms with Crippen molar-refractivity contribution in [1.29, 1.82) is 0 Å². The van der Waals surface area contributed by atoms with Crippen molar-refractivity contribution in [2.24, 2.45) is 0 Å². The van der Waals surface area contributed by atoms with Crippen molar-refractivity contribution in [2.75, 3.05) is 12.9 Å². The Balaban J connectivity index is 3.38. The van der Waals surface area contributed by atoms with Gasteiger partial charge in [-0.05, 0) is 12.8 Å². The third-order valence-electron chi connectivity index (χ3n) is 3.35. The van der Waals surface area contributed by atoms with Crippen molar-refractivity contribution in [1.82, 2.24) is 0 Å². The van der Waals surface area contributed by atoms with Crippen molar-refractivity contribution in [3.8, 4) is 0 Å². The normalized spacial score (nSPS) is 13.5. The van der Waals surface area contributed by atoms with E-state index >= 15 is 0 Å². The fourth-order valence-corrected chi connectivity index (χ4v) is 2.46. The van der Waals surface area contributed by atoms with Crippen LogP contribution in [-0.4, -0.2) is 33.4 Å². The molecule has 0 bridgehead atoms. The maximum atomic E-state index is 12.6. The van der Waals surface area contributed by atoms with E-state index in [4.69, 9.17) is 0 Å². The zero-order valence-corrected chi connectivity index (χ0v) is 14.1. The van der Waals surface area contributed by atoms with Crippen LogP contribution >= 0.6 is 0 Å². The third kappa shape index (κ3) is 12.6. The summed E-state index contributed by atoms with van der Waals surface area (Å²) in [7, 11) is -3.38. The molecule has 0 rings (SSSR count). The summed E-state index contributed by atoms with van der Waals surface area (Å²) in [6.45, 7) is 0.173. The largest absolute Gasteiger partial charge is 0.453 e. The van der Waals surface area contributed by atoms with Crippen LogP contribution in [0.15, 0.2) is 0 Å². The molecule has 0 saturated heterocycles. The van der Waals surface area contributed by atoms with E-state index in [9.17, 15) is 30.4 Å². The molecular weight excluding hydrogens is 343 g/mol. The van der Waals surface area contributed by atoms with Gasteiger partial charge in [0.05, 0.1) is 12.9 Å². The van der Waals surface area contributed by atoms with Gasteiger partial charge in [0.15, 0.2) is 0 Å². The lowest BCUT2D eigenvalue weighted by atomic mass is 10.0. The average Bonchev–Trinajstić information content (AvgIpc) is 2.37. The maximum Gasteiger partial charge on any atom is 0.453 e. The Hall–Kier alpha value is -0.440. The van der Waals surface area contributed by atoms with E-state index in [-0.39, 0.29) is 13.0 Å². The Labute approximate surface area is 134 Å². The minimum absolute atomic E-state index is 0.130. The summed E-state index contributed by atoms with van der Waals surface area (Å²) < 4.78 is 86.9. The first-order valence-corrected chi connectivity index (χ1v) is 9.56. The maximum absolute atomic E-state index is 12.6.